The smallest absolute Gasteiger partial charge is 0.306 e. The van der Waals surface area contributed by atoms with Crippen molar-refractivity contribution in [3.8, 4) is 0 Å². The van der Waals surface area contributed by atoms with E-state index in [9.17, 15) is 4.79 Å². The van der Waals surface area contributed by atoms with Gasteiger partial charge in [-0.1, -0.05) is 38.3 Å². The van der Waals surface area contributed by atoms with Gasteiger partial charge in [-0.2, -0.15) is 0 Å². The van der Waals surface area contributed by atoms with Crippen molar-refractivity contribution in [1.29, 1.82) is 0 Å². The maximum atomic E-state index is 11.2. The lowest BCUT2D eigenvalue weighted by atomic mass is 10.1. The molecular weight excluding hydrogens is 212 g/mol. The molecule has 2 nitrogen and oxygen atoms in total. The Morgan fingerprint density at radius 2 is 1.71 bits per heavy atom. The maximum absolute atomic E-state index is 11.2. The highest BCUT2D eigenvalue weighted by molar-refractivity contribution is 5.69. The third kappa shape index (κ3) is 13.1. The van der Waals surface area contributed by atoms with E-state index in [2.05, 4.69) is 19.1 Å². The fourth-order valence-corrected chi connectivity index (χ4v) is 1.67. The van der Waals surface area contributed by atoms with Gasteiger partial charge in [0.1, 0.15) is 0 Å². The van der Waals surface area contributed by atoms with E-state index in [4.69, 9.17) is 4.74 Å². The molecule has 0 rings (SSSR count). The SMILES string of the molecule is CC/C=C/CCCCCCCC(=O)OC(C)C. The molecule has 0 spiro atoms. The molecule has 0 heterocycles. The first-order chi connectivity index (χ1) is 8.16. The van der Waals surface area contributed by atoms with Crippen LogP contribution in [-0.4, -0.2) is 12.1 Å². The molecule has 0 amide bonds. The second kappa shape index (κ2) is 11.7. The van der Waals surface area contributed by atoms with Crippen molar-refractivity contribution in [3.63, 3.8) is 0 Å². The minimum atomic E-state index is -0.0501. The number of carbonyl (C=O) groups is 1. The second-order valence-electron chi connectivity index (χ2n) is 4.72. The van der Waals surface area contributed by atoms with Crippen molar-refractivity contribution in [2.45, 2.75) is 78.2 Å². The van der Waals surface area contributed by atoms with Gasteiger partial charge in [0.25, 0.3) is 0 Å². The molecule has 0 atom stereocenters. The molecule has 0 unspecified atom stereocenters. The van der Waals surface area contributed by atoms with E-state index in [1.807, 2.05) is 13.8 Å². The van der Waals surface area contributed by atoms with Crippen LogP contribution >= 0.6 is 0 Å². The van der Waals surface area contributed by atoms with Crippen LogP contribution in [0.4, 0.5) is 0 Å². The fraction of sp³-hybridized carbons (Fsp3) is 0.800. The molecule has 0 aromatic carbocycles. The molecule has 0 fully saturated rings. The molecule has 0 N–H and O–H groups in total. The molecule has 0 saturated heterocycles. The Labute approximate surface area is 106 Å². The van der Waals surface area contributed by atoms with Crippen LogP contribution in [0.25, 0.3) is 0 Å². The summed E-state index contributed by atoms with van der Waals surface area (Å²) in [5.74, 6) is -0.0501. The summed E-state index contributed by atoms with van der Waals surface area (Å²) in [6.07, 6.45) is 13.3. The van der Waals surface area contributed by atoms with Gasteiger partial charge in [0.05, 0.1) is 6.10 Å². The van der Waals surface area contributed by atoms with E-state index >= 15 is 0 Å². The van der Waals surface area contributed by atoms with Crippen LogP contribution in [0, 0.1) is 0 Å². The summed E-state index contributed by atoms with van der Waals surface area (Å²) in [6, 6.07) is 0. The Balaban J connectivity index is 3.18. The zero-order valence-corrected chi connectivity index (χ0v) is 11.7. The topological polar surface area (TPSA) is 26.3 Å². The Kier molecular flexibility index (Phi) is 11.1. The minimum absolute atomic E-state index is 0.0212. The summed E-state index contributed by atoms with van der Waals surface area (Å²) < 4.78 is 5.07. The number of allylic oxidation sites excluding steroid dienone is 2. The number of unbranched alkanes of at least 4 members (excludes halogenated alkanes) is 5. The predicted octanol–water partition coefficient (Wildman–Crippen LogP) is 4.63. The van der Waals surface area contributed by atoms with Crippen LogP contribution in [-0.2, 0) is 9.53 Å². The normalized spacial score (nSPS) is 11.3. The molecule has 0 saturated carbocycles. The van der Waals surface area contributed by atoms with Crippen molar-refractivity contribution in [2.75, 3.05) is 0 Å². The van der Waals surface area contributed by atoms with Gasteiger partial charge < -0.3 is 4.74 Å². The van der Waals surface area contributed by atoms with Crippen molar-refractivity contribution in [2.24, 2.45) is 0 Å². The van der Waals surface area contributed by atoms with Crippen LogP contribution in [0.1, 0.15) is 72.1 Å². The summed E-state index contributed by atoms with van der Waals surface area (Å²) in [4.78, 5) is 11.2. The van der Waals surface area contributed by atoms with Gasteiger partial charge in [0.2, 0.25) is 0 Å². The molecule has 17 heavy (non-hydrogen) atoms. The Bertz CT molecular complexity index is 207. The lowest BCUT2D eigenvalue weighted by Gasteiger charge is -2.07. The van der Waals surface area contributed by atoms with Crippen LogP contribution in [0.2, 0.25) is 0 Å². The van der Waals surface area contributed by atoms with Gasteiger partial charge in [0.15, 0.2) is 0 Å². The average molecular weight is 240 g/mol. The molecule has 2 heteroatoms. The van der Waals surface area contributed by atoms with Gasteiger partial charge >= 0.3 is 5.97 Å². The summed E-state index contributed by atoms with van der Waals surface area (Å²) in [5.41, 5.74) is 0. The number of hydrogen-bond donors (Lipinski definition) is 0. The summed E-state index contributed by atoms with van der Waals surface area (Å²) in [6.45, 7) is 5.94. The second-order valence-corrected chi connectivity index (χ2v) is 4.72. The highest BCUT2D eigenvalue weighted by atomic mass is 16.5. The number of rotatable bonds is 10. The highest BCUT2D eigenvalue weighted by Crippen LogP contribution is 2.08. The molecule has 0 aliphatic carbocycles. The number of hydrogen-bond acceptors (Lipinski definition) is 2. The maximum Gasteiger partial charge on any atom is 0.306 e. The molecule has 0 aliphatic heterocycles. The van der Waals surface area contributed by atoms with E-state index in [-0.39, 0.29) is 12.1 Å². The lowest BCUT2D eigenvalue weighted by molar-refractivity contribution is -0.147. The zero-order chi connectivity index (χ0) is 12.9. The first kappa shape index (κ1) is 16.2. The zero-order valence-electron chi connectivity index (χ0n) is 11.7. The van der Waals surface area contributed by atoms with Crippen LogP contribution < -0.4 is 0 Å². The van der Waals surface area contributed by atoms with Gasteiger partial charge in [-0.25, -0.2) is 0 Å². The van der Waals surface area contributed by atoms with E-state index in [0.717, 1.165) is 19.3 Å². The largest absolute Gasteiger partial charge is 0.463 e. The third-order valence-corrected chi connectivity index (χ3v) is 2.52. The third-order valence-electron chi connectivity index (χ3n) is 2.52. The first-order valence-corrected chi connectivity index (χ1v) is 7.01. The lowest BCUT2D eigenvalue weighted by Crippen LogP contribution is -2.10. The van der Waals surface area contributed by atoms with Crippen molar-refractivity contribution in [1.82, 2.24) is 0 Å². The Morgan fingerprint density at radius 1 is 1.06 bits per heavy atom. The molecule has 0 aliphatic rings. The summed E-state index contributed by atoms with van der Waals surface area (Å²) >= 11 is 0. The monoisotopic (exact) mass is 240 g/mol. The van der Waals surface area contributed by atoms with Crippen molar-refractivity contribution in [3.05, 3.63) is 12.2 Å². The number of carbonyl (C=O) groups excluding carboxylic acids is 1. The van der Waals surface area contributed by atoms with Crippen LogP contribution in [0.3, 0.4) is 0 Å². The van der Waals surface area contributed by atoms with Gasteiger partial charge in [-0.3, -0.25) is 4.79 Å². The van der Waals surface area contributed by atoms with Gasteiger partial charge in [-0.15, -0.1) is 0 Å². The van der Waals surface area contributed by atoms with E-state index < -0.39 is 0 Å². The van der Waals surface area contributed by atoms with E-state index in [0.29, 0.717) is 6.42 Å². The summed E-state index contributed by atoms with van der Waals surface area (Å²) in [5, 5.41) is 0. The quantitative estimate of drug-likeness (QED) is 0.316. The molecule has 0 aromatic heterocycles. The number of ether oxygens (including phenoxy) is 1. The molecule has 0 radical (unpaired) electrons. The highest BCUT2D eigenvalue weighted by Gasteiger charge is 2.04. The first-order valence-electron chi connectivity index (χ1n) is 7.01. The van der Waals surface area contributed by atoms with Crippen LogP contribution in [0.5, 0.6) is 0 Å². The predicted molar refractivity (Wildman–Crippen MR) is 73.0 cm³/mol. The fourth-order valence-electron chi connectivity index (χ4n) is 1.67. The van der Waals surface area contributed by atoms with Crippen molar-refractivity contribution < 1.29 is 9.53 Å². The van der Waals surface area contributed by atoms with E-state index in [1.165, 1.54) is 25.7 Å². The molecule has 0 bridgehead atoms. The molecular formula is C15H28O2. The minimum Gasteiger partial charge on any atom is -0.463 e. The molecule has 100 valence electrons. The van der Waals surface area contributed by atoms with Crippen LogP contribution in [0.15, 0.2) is 12.2 Å². The van der Waals surface area contributed by atoms with Gasteiger partial charge in [0, 0.05) is 6.42 Å². The standard InChI is InChI=1S/C15H28O2/c1-4-5-6-7-8-9-10-11-12-13-15(16)17-14(2)3/h5-6,14H,4,7-13H2,1-3H3/b6-5+. The average Bonchev–Trinajstić information content (AvgIpc) is 2.26. The van der Waals surface area contributed by atoms with Gasteiger partial charge in [-0.05, 0) is 39.5 Å². The molecule has 0 aromatic rings. The summed E-state index contributed by atoms with van der Waals surface area (Å²) in [7, 11) is 0. The Hall–Kier alpha value is -0.790. The van der Waals surface area contributed by atoms with Crippen molar-refractivity contribution >= 4 is 5.97 Å². The van der Waals surface area contributed by atoms with E-state index in [1.54, 1.807) is 0 Å². The Morgan fingerprint density at radius 3 is 2.35 bits per heavy atom. The number of esters is 1.